The Morgan fingerprint density at radius 1 is 1.32 bits per heavy atom. The lowest BCUT2D eigenvalue weighted by Gasteiger charge is -2.36. The fourth-order valence-corrected chi connectivity index (χ4v) is 3.66. The maximum Gasteiger partial charge on any atom is 0.409 e. The number of allylic oxidation sites excluding steroid dienone is 1. The fourth-order valence-electron chi connectivity index (χ4n) is 3.66. The molecule has 28 heavy (non-hydrogen) atoms. The van der Waals surface area contributed by atoms with E-state index < -0.39 is 12.3 Å². The maximum atomic E-state index is 12.9. The number of halogens is 1. The van der Waals surface area contributed by atoms with E-state index in [-0.39, 0.29) is 6.61 Å². The van der Waals surface area contributed by atoms with E-state index in [0.29, 0.717) is 26.2 Å². The quantitative estimate of drug-likeness (QED) is 0.809. The van der Waals surface area contributed by atoms with Gasteiger partial charge in [-0.15, -0.1) is 0 Å². The number of hydrogen-bond donors (Lipinski definition) is 0. The first kappa shape index (κ1) is 18.5. The topological polar surface area (TPSA) is 63.5 Å². The van der Waals surface area contributed by atoms with Gasteiger partial charge in [-0.3, -0.25) is 9.67 Å². The van der Waals surface area contributed by atoms with E-state index in [9.17, 15) is 9.18 Å². The van der Waals surface area contributed by atoms with Crippen molar-refractivity contribution in [1.29, 1.82) is 0 Å². The third kappa shape index (κ3) is 3.72. The second-order valence-electron chi connectivity index (χ2n) is 7.27. The molecule has 1 aliphatic heterocycles. The van der Waals surface area contributed by atoms with Crippen molar-refractivity contribution in [1.82, 2.24) is 19.7 Å². The van der Waals surface area contributed by atoms with Crippen LogP contribution in [-0.4, -0.2) is 64.7 Å². The zero-order valence-corrected chi connectivity index (χ0v) is 16.1. The largest absolute Gasteiger partial charge is 0.446 e. The van der Waals surface area contributed by atoms with Gasteiger partial charge in [-0.05, 0) is 24.6 Å². The standard InChI is InChI=1S/C20H24FN5O2/c1-14(21)13-28-20(27)26-7-5-25(6-8-26)19-3-4-22-18-10-15(9-17(18)19)16-11-23-24(2)12-16/h3-4,9,11-12,14H,5-8,10,13H2,1-2H3/t14-/m0/s1. The Labute approximate surface area is 163 Å². The smallest absolute Gasteiger partial charge is 0.409 e. The monoisotopic (exact) mass is 385 g/mol. The summed E-state index contributed by atoms with van der Waals surface area (Å²) in [6, 6.07) is 2.03. The highest BCUT2D eigenvalue weighted by atomic mass is 19.1. The Morgan fingerprint density at radius 3 is 2.79 bits per heavy atom. The fraction of sp³-hybridized carbons (Fsp3) is 0.450. The number of fused-ring (bicyclic) bond motifs is 1. The second kappa shape index (κ2) is 7.61. The van der Waals surface area contributed by atoms with Crippen LogP contribution in [0.3, 0.4) is 0 Å². The number of hydrogen-bond acceptors (Lipinski definition) is 5. The molecule has 2 aromatic rings. The molecule has 3 heterocycles. The Morgan fingerprint density at radius 2 is 2.11 bits per heavy atom. The molecule has 1 atom stereocenters. The molecular formula is C20H24FN5O2. The minimum Gasteiger partial charge on any atom is -0.446 e. The van der Waals surface area contributed by atoms with Gasteiger partial charge in [0.05, 0.1) is 11.9 Å². The van der Waals surface area contributed by atoms with Crippen LogP contribution in [0, 0.1) is 0 Å². The lowest BCUT2D eigenvalue weighted by Crippen LogP contribution is -2.49. The van der Waals surface area contributed by atoms with E-state index in [0.717, 1.165) is 28.9 Å². The minimum atomic E-state index is -1.15. The second-order valence-corrected chi connectivity index (χ2v) is 7.27. The molecule has 0 aromatic carbocycles. The van der Waals surface area contributed by atoms with Gasteiger partial charge in [-0.25, -0.2) is 9.18 Å². The van der Waals surface area contributed by atoms with Crippen molar-refractivity contribution in [3.8, 4) is 0 Å². The van der Waals surface area contributed by atoms with Gasteiger partial charge in [0.1, 0.15) is 12.8 Å². The summed E-state index contributed by atoms with van der Waals surface area (Å²) in [6.07, 6.45) is 7.13. The van der Waals surface area contributed by atoms with Gasteiger partial charge in [0, 0.05) is 68.9 Å². The van der Waals surface area contributed by atoms with Gasteiger partial charge < -0.3 is 14.5 Å². The zero-order valence-electron chi connectivity index (χ0n) is 16.1. The normalized spacial score (nSPS) is 17.3. The zero-order chi connectivity index (χ0) is 19.7. The number of nitrogens with zero attached hydrogens (tertiary/aromatic N) is 5. The number of aromatic nitrogens is 3. The number of rotatable bonds is 4. The number of carbonyl (C=O) groups is 1. The van der Waals surface area contributed by atoms with Crippen LogP contribution < -0.4 is 4.90 Å². The van der Waals surface area contributed by atoms with Gasteiger partial charge in [-0.2, -0.15) is 5.10 Å². The summed E-state index contributed by atoms with van der Waals surface area (Å²) in [4.78, 5) is 20.5. The predicted octanol–water partition coefficient (Wildman–Crippen LogP) is 2.53. The lowest BCUT2D eigenvalue weighted by molar-refractivity contribution is 0.0798. The molecule has 0 radical (unpaired) electrons. The highest BCUT2D eigenvalue weighted by Gasteiger charge is 2.26. The Bertz CT molecular complexity index is 900. The molecule has 2 aliphatic rings. The Balaban J connectivity index is 1.45. The van der Waals surface area contributed by atoms with Gasteiger partial charge in [0.2, 0.25) is 0 Å². The van der Waals surface area contributed by atoms with Gasteiger partial charge in [0.15, 0.2) is 0 Å². The number of amides is 1. The number of anilines is 1. The number of piperazine rings is 1. The molecule has 0 N–H and O–H groups in total. The summed E-state index contributed by atoms with van der Waals surface area (Å²) in [7, 11) is 1.91. The van der Waals surface area contributed by atoms with E-state index in [1.54, 1.807) is 9.58 Å². The van der Waals surface area contributed by atoms with Crippen molar-refractivity contribution in [3.05, 3.63) is 41.5 Å². The molecular weight excluding hydrogens is 361 g/mol. The molecule has 7 nitrogen and oxygen atoms in total. The maximum absolute atomic E-state index is 12.9. The van der Waals surface area contributed by atoms with Crippen molar-refractivity contribution >= 4 is 23.4 Å². The number of ether oxygens (including phenoxy) is 1. The van der Waals surface area contributed by atoms with E-state index in [4.69, 9.17) is 4.74 Å². The molecule has 2 aromatic heterocycles. The van der Waals surface area contributed by atoms with Crippen molar-refractivity contribution < 1.29 is 13.9 Å². The van der Waals surface area contributed by atoms with Gasteiger partial charge in [-0.1, -0.05) is 0 Å². The van der Waals surface area contributed by atoms with Crippen LogP contribution in [0.1, 0.15) is 23.7 Å². The Hall–Kier alpha value is -2.90. The average Bonchev–Trinajstić information content (AvgIpc) is 3.32. The van der Waals surface area contributed by atoms with Crippen molar-refractivity contribution in [2.24, 2.45) is 7.05 Å². The van der Waals surface area contributed by atoms with Crippen LogP contribution in [0.2, 0.25) is 0 Å². The van der Waals surface area contributed by atoms with Crippen molar-refractivity contribution in [2.75, 3.05) is 37.7 Å². The average molecular weight is 385 g/mol. The first-order valence-corrected chi connectivity index (χ1v) is 9.49. The number of carbonyl (C=O) groups excluding carboxylic acids is 1. The predicted molar refractivity (Wildman–Crippen MR) is 105 cm³/mol. The number of pyridine rings is 1. The molecule has 8 heteroatoms. The minimum absolute atomic E-state index is 0.196. The van der Waals surface area contributed by atoms with E-state index >= 15 is 0 Å². The van der Waals surface area contributed by atoms with Crippen LogP contribution in [0.25, 0.3) is 11.6 Å². The molecule has 0 bridgehead atoms. The third-order valence-electron chi connectivity index (χ3n) is 5.12. The molecule has 0 saturated carbocycles. The SMILES string of the molecule is C[C@H](F)COC(=O)N1CCN(c2ccnc3c2C=C(c2cnn(C)c2)C3)CC1. The van der Waals surface area contributed by atoms with E-state index in [2.05, 4.69) is 21.1 Å². The molecule has 148 valence electrons. The molecule has 1 aliphatic carbocycles. The molecule has 0 unspecified atom stereocenters. The van der Waals surface area contributed by atoms with Gasteiger partial charge in [0.25, 0.3) is 0 Å². The third-order valence-corrected chi connectivity index (χ3v) is 5.12. The molecule has 1 amide bonds. The van der Waals surface area contributed by atoms with E-state index in [1.807, 2.05) is 31.7 Å². The first-order chi connectivity index (χ1) is 13.5. The van der Waals surface area contributed by atoms with E-state index in [1.165, 1.54) is 12.5 Å². The van der Waals surface area contributed by atoms with Crippen molar-refractivity contribution in [3.63, 3.8) is 0 Å². The summed E-state index contributed by atoms with van der Waals surface area (Å²) in [5.74, 6) is 0. The van der Waals surface area contributed by atoms with Crippen LogP contribution >= 0.6 is 0 Å². The van der Waals surface area contributed by atoms with Crippen molar-refractivity contribution in [2.45, 2.75) is 19.5 Å². The molecule has 0 spiro atoms. The summed E-state index contributed by atoms with van der Waals surface area (Å²) in [5, 5.41) is 4.26. The van der Waals surface area contributed by atoms with Crippen LogP contribution in [0.4, 0.5) is 14.9 Å². The summed E-state index contributed by atoms with van der Waals surface area (Å²) < 4.78 is 19.7. The summed E-state index contributed by atoms with van der Waals surface area (Å²) in [6.45, 7) is 3.69. The molecule has 1 fully saturated rings. The number of aryl methyl sites for hydroxylation is 1. The molecule has 1 saturated heterocycles. The highest BCUT2D eigenvalue weighted by molar-refractivity contribution is 5.91. The molecule has 4 rings (SSSR count). The van der Waals surface area contributed by atoms with Crippen LogP contribution in [0.5, 0.6) is 0 Å². The lowest BCUT2D eigenvalue weighted by atomic mass is 10.1. The summed E-state index contributed by atoms with van der Waals surface area (Å²) in [5.41, 5.74) is 5.67. The van der Waals surface area contributed by atoms with Crippen LogP contribution in [0.15, 0.2) is 24.7 Å². The van der Waals surface area contributed by atoms with Crippen LogP contribution in [-0.2, 0) is 18.2 Å². The summed E-state index contributed by atoms with van der Waals surface area (Å²) >= 11 is 0. The van der Waals surface area contributed by atoms with Gasteiger partial charge >= 0.3 is 6.09 Å². The Kier molecular flexibility index (Phi) is 5.02. The first-order valence-electron chi connectivity index (χ1n) is 9.49. The number of alkyl halides is 1. The highest BCUT2D eigenvalue weighted by Crippen LogP contribution is 2.36.